The Hall–Kier alpha value is -3.04. The number of amides is 1. The van der Waals surface area contributed by atoms with Crippen molar-refractivity contribution >= 4 is 23.9 Å². The van der Waals surface area contributed by atoms with Crippen molar-refractivity contribution in [2.24, 2.45) is 13.0 Å². The number of carbonyl (C=O) groups excluding carboxylic acids is 1. The van der Waals surface area contributed by atoms with Crippen LogP contribution in [-0.2, 0) is 18.5 Å². The van der Waals surface area contributed by atoms with Crippen LogP contribution in [0.1, 0.15) is 12.8 Å². The summed E-state index contributed by atoms with van der Waals surface area (Å²) in [6.45, 7) is 2.24. The van der Waals surface area contributed by atoms with Gasteiger partial charge >= 0.3 is 0 Å². The number of aromatic nitrogens is 4. The molecule has 0 unspecified atom stereocenters. The molecule has 1 aliphatic heterocycles. The Morgan fingerprint density at radius 2 is 1.94 bits per heavy atom. The van der Waals surface area contributed by atoms with Gasteiger partial charge in [0.1, 0.15) is 11.6 Å². The van der Waals surface area contributed by atoms with E-state index < -0.39 is 0 Å². The van der Waals surface area contributed by atoms with E-state index in [2.05, 4.69) is 15.2 Å². The van der Waals surface area contributed by atoms with Crippen molar-refractivity contribution < 1.29 is 9.53 Å². The monoisotopic (exact) mass is 438 g/mol. The third-order valence-electron chi connectivity index (χ3n) is 5.60. The van der Waals surface area contributed by atoms with Crippen molar-refractivity contribution in [1.82, 2.24) is 24.2 Å². The number of carbonyl (C=O) groups is 1. The molecule has 4 rings (SSSR count). The first-order valence-corrected chi connectivity index (χ1v) is 10.7. The summed E-state index contributed by atoms with van der Waals surface area (Å²) in [5.74, 6) is 2.25. The molecule has 0 spiro atoms. The number of ether oxygens (including phenoxy) is 1. The van der Waals surface area contributed by atoms with Crippen LogP contribution in [0.3, 0.4) is 0 Å². The molecule has 0 aliphatic carbocycles. The molecule has 1 fully saturated rings. The van der Waals surface area contributed by atoms with Crippen LogP contribution in [-0.4, -0.2) is 50.3 Å². The number of pyridine rings is 1. The number of piperidine rings is 1. The molecule has 0 saturated carbocycles. The van der Waals surface area contributed by atoms with Gasteiger partial charge < -0.3 is 14.6 Å². The molecule has 0 radical (unpaired) electrons. The van der Waals surface area contributed by atoms with Gasteiger partial charge in [0.2, 0.25) is 5.91 Å². The highest BCUT2D eigenvalue weighted by atomic mass is 32.1. The molecule has 0 bridgehead atoms. The second kappa shape index (κ2) is 9.40. The lowest BCUT2D eigenvalue weighted by molar-refractivity contribution is -0.121. The lowest BCUT2D eigenvalue weighted by atomic mass is 9.96. The number of benzene rings is 1. The van der Waals surface area contributed by atoms with Gasteiger partial charge in [-0.05, 0) is 61.5 Å². The molecule has 3 aromatic rings. The van der Waals surface area contributed by atoms with Crippen LogP contribution in [0, 0.1) is 10.7 Å². The predicted octanol–water partition coefficient (Wildman–Crippen LogP) is 3.33. The Kier molecular flexibility index (Phi) is 6.43. The maximum Gasteiger partial charge on any atom is 0.228 e. The summed E-state index contributed by atoms with van der Waals surface area (Å²) in [4.78, 5) is 19.0. The maximum absolute atomic E-state index is 12.5. The summed E-state index contributed by atoms with van der Waals surface area (Å²) in [6, 6.07) is 13.3. The Bertz CT molecular complexity index is 1090. The third kappa shape index (κ3) is 4.83. The molecule has 8 nitrogen and oxygen atoms in total. The highest BCUT2D eigenvalue weighted by Crippen LogP contribution is 2.22. The number of methoxy groups -OCH3 is 1. The normalized spacial score (nSPS) is 15.0. The second-order valence-electron chi connectivity index (χ2n) is 7.63. The number of rotatable bonds is 6. The molecule has 1 N–H and O–H groups in total. The van der Waals surface area contributed by atoms with E-state index in [0.29, 0.717) is 17.3 Å². The van der Waals surface area contributed by atoms with Gasteiger partial charge in [-0.2, -0.15) is 5.10 Å². The molecule has 0 atom stereocenters. The molecule has 1 aliphatic rings. The standard InChI is InChI=1S/C22H26N6O2S/c1-26-20(16-6-8-18(30-2)9-7-16)25-28(22(26)31)15-27-13-10-17(11-14-27)21(29)24-19-5-3-4-12-23-19/h3-9,12,17H,10-11,13-15H2,1-2H3,(H,23,24,29). The van der Waals surface area contributed by atoms with Gasteiger partial charge in [0.25, 0.3) is 0 Å². The molecule has 31 heavy (non-hydrogen) atoms. The van der Waals surface area contributed by atoms with Crippen LogP contribution in [0.4, 0.5) is 5.82 Å². The fourth-order valence-electron chi connectivity index (χ4n) is 3.76. The number of hydrogen-bond donors (Lipinski definition) is 1. The minimum atomic E-state index is -0.00943. The molecule has 1 aromatic carbocycles. The number of anilines is 1. The van der Waals surface area contributed by atoms with E-state index >= 15 is 0 Å². The van der Waals surface area contributed by atoms with Gasteiger partial charge in [-0.15, -0.1) is 0 Å². The van der Waals surface area contributed by atoms with E-state index in [1.807, 2.05) is 52.7 Å². The van der Waals surface area contributed by atoms with Gasteiger partial charge in [0.05, 0.1) is 13.8 Å². The maximum atomic E-state index is 12.5. The van der Waals surface area contributed by atoms with Crippen molar-refractivity contribution in [2.45, 2.75) is 19.5 Å². The van der Waals surface area contributed by atoms with Gasteiger partial charge in [0.15, 0.2) is 10.6 Å². The van der Waals surface area contributed by atoms with Crippen LogP contribution >= 0.6 is 12.2 Å². The third-order valence-corrected chi connectivity index (χ3v) is 6.08. The van der Waals surface area contributed by atoms with E-state index in [0.717, 1.165) is 43.1 Å². The first-order chi connectivity index (χ1) is 15.0. The van der Waals surface area contributed by atoms with E-state index in [1.54, 1.807) is 19.4 Å². The Labute approximate surface area is 186 Å². The smallest absolute Gasteiger partial charge is 0.228 e. The van der Waals surface area contributed by atoms with E-state index in [9.17, 15) is 4.79 Å². The number of nitrogens with one attached hydrogen (secondary N) is 1. The van der Waals surface area contributed by atoms with Gasteiger partial charge in [-0.1, -0.05) is 6.07 Å². The molecular formula is C22H26N6O2S. The summed E-state index contributed by atoms with van der Waals surface area (Å²) in [5.41, 5.74) is 0.984. The average molecular weight is 439 g/mol. The van der Waals surface area contributed by atoms with Crippen molar-refractivity contribution in [3.63, 3.8) is 0 Å². The largest absolute Gasteiger partial charge is 0.497 e. The Morgan fingerprint density at radius 3 is 2.58 bits per heavy atom. The molecule has 162 valence electrons. The van der Waals surface area contributed by atoms with Crippen molar-refractivity contribution in [1.29, 1.82) is 0 Å². The topological polar surface area (TPSA) is 77.2 Å². The van der Waals surface area contributed by atoms with Gasteiger partial charge in [-0.3, -0.25) is 9.69 Å². The highest BCUT2D eigenvalue weighted by molar-refractivity contribution is 7.71. The molecule has 9 heteroatoms. The molecule has 2 aromatic heterocycles. The zero-order chi connectivity index (χ0) is 21.8. The van der Waals surface area contributed by atoms with Crippen molar-refractivity contribution in [3.05, 3.63) is 53.4 Å². The van der Waals surface area contributed by atoms with E-state index in [4.69, 9.17) is 22.1 Å². The average Bonchev–Trinajstić information content (AvgIpc) is 3.09. The van der Waals surface area contributed by atoms with Crippen LogP contribution in [0.5, 0.6) is 5.75 Å². The predicted molar refractivity (Wildman–Crippen MR) is 121 cm³/mol. The quantitative estimate of drug-likeness (QED) is 0.595. The SMILES string of the molecule is COc1ccc(-c2nn(CN3CCC(C(=O)Nc4ccccn4)CC3)c(=S)n2C)cc1. The van der Waals surface area contributed by atoms with E-state index in [-0.39, 0.29) is 11.8 Å². The minimum Gasteiger partial charge on any atom is -0.497 e. The first kappa shape index (κ1) is 21.2. The number of nitrogens with zero attached hydrogens (tertiary/aromatic N) is 5. The number of likely N-dealkylation sites (tertiary alicyclic amines) is 1. The van der Waals surface area contributed by atoms with E-state index in [1.165, 1.54) is 0 Å². The van der Waals surface area contributed by atoms with Crippen molar-refractivity contribution in [2.75, 3.05) is 25.5 Å². The fourth-order valence-corrected chi connectivity index (χ4v) is 3.95. The molecule has 1 amide bonds. The molecule has 1 saturated heterocycles. The summed E-state index contributed by atoms with van der Waals surface area (Å²) < 4.78 is 9.67. The highest BCUT2D eigenvalue weighted by Gasteiger charge is 2.26. The second-order valence-corrected chi connectivity index (χ2v) is 8.00. The zero-order valence-electron chi connectivity index (χ0n) is 17.7. The zero-order valence-corrected chi connectivity index (χ0v) is 18.5. The van der Waals surface area contributed by atoms with Crippen molar-refractivity contribution in [3.8, 4) is 17.1 Å². The first-order valence-electron chi connectivity index (χ1n) is 10.3. The fraction of sp³-hybridized carbons (Fsp3) is 0.364. The van der Waals surface area contributed by atoms with Crippen LogP contribution in [0.15, 0.2) is 48.7 Å². The van der Waals surface area contributed by atoms with Gasteiger partial charge in [-0.25, -0.2) is 9.67 Å². The van der Waals surface area contributed by atoms with Crippen LogP contribution in [0.25, 0.3) is 11.4 Å². The lowest BCUT2D eigenvalue weighted by Crippen LogP contribution is -2.39. The van der Waals surface area contributed by atoms with Crippen LogP contribution in [0.2, 0.25) is 0 Å². The Morgan fingerprint density at radius 1 is 1.19 bits per heavy atom. The van der Waals surface area contributed by atoms with Gasteiger partial charge in [0, 0.05) is 37.8 Å². The minimum absolute atomic E-state index is 0.00943. The van der Waals surface area contributed by atoms with Crippen LogP contribution < -0.4 is 10.1 Å². The summed E-state index contributed by atoms with van der Waals surface area (Å²) >= 11 is 5.61. The lowest BCUT2D eigenvalue weighted by Gasteiger charge is -2.30. The molecular weight excluding hydrogens is 412 g/mol. The molecule has 3 heterocycles. The Balaban J connectivity index is 1.37. The summed E-state index contributed by atoms with van der Waals surface area (Å²) in [5, 5.41) is 7.65. The number of hydrogen-bond acceptors (Lipinski definition) is 6. The summed E-state index contributed by atoms with van der Waals surface area (Å²) in [6.07, 6.45) is 3.27. The summed E-state index contributed by atoms with van der Waals surface area (Å²) in [7, 11) is 3.58.